The highest BCUT2D eigenvalue weighted by atomic mass is 32.1. The number of aliphatic hydroxyl groups excluding tert-OH is 1. The van der Waals surface area contributed by atoms with Crippen molar-refractivity contribution in [2.45, 2.75) is 84.3 Å². The van der Waals surface area contributed by atoms with Crippen molar-refractivity contribution < 1.29 is 33.6 Å². The van der Waals surface area contributed by atoms with Crippen molar-refractivity contribution in [1.82, 2.24) is 44.0 Å². The highest BCUT2D eigenvalue weighted by molar-refractivity contribution is 7.16. The van der Waals surface area contributed by atoms with Gasteiger partial charge in [0.15, 0.2) is 29.4 Å². The minimum Gasteiger partial charge on any atom is -0.458 e. The molecule has 0 radical (unpaired) electrons. The van der Waals surface area contributed by atoms with E-state index in [2.05, 4.69) is 34.9 Å². The number of carbonyl (C=O) groups excluding carboxylic acids is 2. The third kappa shape index (κ3) is 9.14. The van der Waals surface area contributed by atoms with Crippen LogP contribution in [0.2, 0.25) is 0 Å². The summed E-state index contributed by atoms with van der Waals surface area (Å²) in [5.41, 5.74) is 17.7. The van der Waals surface area contributed by atoms with Crippen molar-refractivity contribution in [3.8, 4) is 0 Å². The topological polar surface area (TPSA) is 324 Å². The first-order valence-corrected chi connectivity index (χ1v) is 18.8. The van der Waals surface area contributed by atoms with Crippen LogP contribution in [0.5, 0.6) is 0 Å². The number of fused-ring (bicyclic) bond motifs is 3. The number of nitrogens with two attached hydrogens (primary N) is 3. The molecule has 0 unspecified atom stereocenters. The largest absolute Gasteiger partial charge is 0.458 e. The molecule has 8 heterocycles. The van der Waals surface area contributed by atoms with Crippen molar-refractivity contribution >= 4 is 94.8 Å². The van der Waals surface area contributed by atoms with Gasteiger partial charge >= 0.3 is 26.6 Å². The smallest absolute Gasteiger partial charge is 0.311 e. The second-order valence-corrected chi connectivity index (χ2v) is 14.9. The Kier molecular flexibility index (Phi) is 13.1. The van der Waals surface area contributed by atoms with Crippen LogP contribution in [0.3, 0.4) is 0 Å². The quantitative estimate of drug-likeness (QED) is 0.148. The van der Waals surface area contributed by atoms with E-state index in [9.17, 15) is 29.1 Å². The van der Waals surface area contributed by atoms with Gasteiger partial charge in [-0.15, -0.1) is 0 Å². The zero-order chi connectivity index (χ0) is 39.6. The third-order valence-electron chi connectivity index (χ3n) is 8.04. The number of nitrogens with one attached hydrogen (secondary N) is 1. The number of esters is 2. The Bertz CT molecular complexity index is 2400. The van der Waals surface area contributed by atoms with Gasteiger partial charge in [0.2, 0.25) is 17.8 Å². The normalized spacial score (nSPS) is 21.5. The predicted molar refractivity (Wildman–Crippen MR) is 207 cm³/mol. The summed E-state index contributed by atoms with van der Waals surface area (Å²) >= 11 is 3.03. The standard InChI is InChI=1S/C13H16N4O4S.C12H14N4O5S.C5H4N4OS.CH4/c1-3-7-4-8(20-6(2)18)11(21-7)17-10-9(22-13(17)19)5-15-12(14)16-10;1-5(18)20-7-2-6(4-17)21-10(7)16-9-8(22-12(16)19)3-14-11(13)15-9;6-4-7-1-2-3(8-4)9-5(10)11-2;/h5,7-8,11H,3-4H2,1-2H3,(H2,14,15,16);3,6-7,10,17H,2,4H2,1H3,(H2,13,14,15);1H,(H3,6,7,8,9,10);1H4/t7-,8-,11-;6-,7+,10+;;/m10../s1. The zero-order valence-corrected chi connectivity index (χ0v) is 31.6. The number of ether oxygens (including phenoxy) is 4. The molecule has 6 aromatic heterocycles. The molecular formula is C31H38N12O10S3. The lowest BCUT2D eigenvalue weighted by Crippen LogP contribution is -2.30. The molecule has 8 N–H and O–H groups in total. The van der Waals surface area contributed by atoms with E-state index in [1.54, 1.807) is 0 Å². The number of hydrogen-bond donors (Lipinski definition) is 5. The molecule has 56 heavy (non-hydrogen) atoms. The number of anilines is 3. The maximum atomic E-state index is 12.3. The molecule has 0 aromatic carbocycles. The second kappa shape index (κ2) is 17.5. The van der Waals surface area contributed by atoms with Gasteiger partial charge in [-0.1, -0.05) is 48.4 Å². The summed E-state index contributed by atoms with van der Waals surface area (Å²) in [4.78, 5) is 83.2. The van der Waals surface area contributed by atoms with Gasteiger partial charge in [-0.25, -0.2) is 15.0 Å². The summed E-state index contributed by atoms with van der Waals surface area (Å²) in [6.07, 6.45) is 2.77. The Morgan fingerprint density at radius 2 is 1.23 bits per heavy atom. The summed E-state index contributed by atoms with van der Waals surface area (Å²) in [5.74, 6) is -0.615. The SMILES string of the molecule is C.CC(=O)O[C@@H]1C[C@@H](CO)O[C@H]1n1c(=O)sc2cnc(N)nc21.CC[C@@H]1C[C@@H](OC(C)=O)[C@H](n2c(=O)sc3cnc(N)nc32)O1.Nc1ncc2sc(=O)[nH]c2n1. The Morgan fingerprint density at radius 1 is 0.786 bits per heavy atom. The number of aliphatic hydroxyl groups is 1. The molecule has 0 spiro atoms. The van der Waals surface area contributed by atoms with E-state index in [4.69, 9.17) is 36.1 Å². The van der Waals surface area contributed by atoms with Crippen LogP contribution in [0, 0.1) is 0 Å². The van der Waals surface area contributed by atoms with Crippen LogP contribution in [-0.4, -0.2) is 92.1 Å². The molecule has 2 fully saturated rings. The molecule has 6 atom stereocenters. The first kappa shape index (κ1) is 41.7. The van der Waals surface area contributed by atoms with Crippen LogP contribution in [0.4, 0.5) is 17.8 Å². The molecule has 0 amide bonds. The van der Waals surface area contributed by atoms with E-state index < -0.39 is 42.7 Å². The summed E-state index contributed by atoms with van der Waals surface area (Å²) in [7, 11) is 0. The number of thiazole rings is 3. The Morgan fingerprint density at radius 3 is 1.70 bits per heavy atom. The molecule has 300 valence electrons. The zero-order valence-electron chi connectivity index (χ0n) is 29.2. The highest BCUT2D eigenvalue weighted by Gasteiger charge is 2.41. The van der Waals surface area contributed by atoms with E-state index in [0.29, 0.717) is 39.2 Å². The van der Waals surface area contributed by atoms with Crippen LogP contribution in [-0.2, 0) is 28.5 Å². The van der Waals surface area contributed by atoms with E-state index in [1.165, 1.54) is 41.6 Å². The summed E-state index contributed by atoms with van der Waals surface area (Å²) < 4.78 is 26.6. The number of aromatic nitrogens is 9. The lowest BCUT2D eigenvalue weighted by Gasteiger charge is -2.19. The van der Waals surface area contributed by atoms with Crippen LogP contribution in [0.15, 0.2) is 33.0 Å². The van der Waals surface area contributed by atoms with Crippen molar-refractivity contribution in [1.29, 1.82) is 0 Å². The number of nitrogens with zero attached hydrogens (tertiary/aromatic N) is 8. The Labute approximate surface area is 327 Å². The minimum atomic E-state index is -0.850. The Hall–Kier alpha value is -5.47. The predicted octanol–water partition coefficient (Wildman–Crippen LogP) is 1.31. The molecule has 0 saturated carbocycles. The molecule has 8 rings (SSSR count). The Balaban J connectivity index is 0.000000168. The van der Waals surface area contributed by atoms with E-state index >= 15 is 0 Å². The third-order valence-corrected chi connectivity index (χ3v) is 10.6. The van der Waals surface area contributed by atoms with Gasteiger partial charge in [-0.2, -0.15) is 15.0 Å². The van der Waals surface area contributed by atoms with Crippen molar-refractivity contribution in [2.75, 3.05) is 23.8 Å². The minimum absolute atomic E-state index is 0. The molecule has 2 saturated heterocycles. The first-order chi connectivity index (χ1) is 26.2. The van der Waals surface area contributed by atoms with Gasteiger partial charge in [0.25, 0.3) is 0 Å². The maximum absolute atomic E-state index is 12.3. The summed E-state index contributed by atoms with van der Waals surface area (Å²) in [6, 6.07) is 0. The van der Waals surface area contributed by atoms with Crippen molar-refractivity contribution in [2.24, 2.45) is 0 Å². The second-order valence-electron chi connectivity index (χ2n) is 11.9. The van der Waals surface area contributed by atoms with Crippen LogP contribution >= 0.6 is 34.0 Å². The van der Waals surface area contributed by atoms with E-state index in [1.807, 2.05) is 6.92 Å². The summed E-state index contributed by atoms with van der Waals surface area (Å²) in [5, 5.41) is 9.26. The molecule has 0 aliphatic carbocycles. The average Bonchev–Trinajstić information content (AvgIpc) is 3.93. The van der Waals surface area contributed by atoms with Crippen LogP contribution in [0.25, 0.3) is 31.0 Å². The fourth-order valence-electron chi connectivity index (χ4n) is 5.82. The molecule has 2 aliphatic rings. The van der Waals surface area contributed by atoms with Crippen molar-refractivity contribution in [3.63, 3.8) is 0 Å². The number of H-pyrrole nitrogens is 1. The van der Waals surface area contributed by atoms with Gasteiger partial charge in [-0.05, 0) is 6.42 Å². The first-order valence-electron chi connectivity index (χ1n) is 16.4. The number of nitrogen functional groups attached to an aromatic ring is 3. The molecular weight excluding hydrogens is 797 g/mol. The van der Waals surface area contributed by atoms with Gasteiger partial charge in [0.1, 0.15) is 12.2 Å². The van der Waals surface area contributed by atoms with Gasteiger partial charge in [0, 0.05) is 26.7 Å². The molecule has 25 heteroatoms. The van der Waals surface area contributed by atoms with Crippen LogP contribution < -0.4 is 31.8 Å². The fourth-order valence-corrected chi connectivity index (χ4v) is 8.10. The van der Waals surface area contributed by atoms with E-state index in [0.717, 1.165) is 45.1 Å². The molecule has 2 aliphatic heterocycles. The van der Waals surface area contributed by atoms with Gasteiger partial charge in [0.05, 0.1) is 51.5 Å². The van der Waals surface area contributed by atoms with Gasteiger partial charge < -0.3 is 41.3 Å². The van der Waals surface area contributed by atoms with E-state index in [-0.39, 0.29) is 52.6 Å². The number of hydrogen-bond acceptors (Lipinski definition) is 22. The van der Waals surface area contributed by atoms with Gasteiger partial charge in [-0.3, -0.25) is 38.1 Å². The number of aromatic amines is 1. The van der Waals surface area contributed by atoms with Crippen molar-refractivity contribution in [3.05, 3.63) is 47.6 Å². The summed E-state index contributed by atoms with van der Waals surface area (Å²) in [6.45, 7) is 4.36. The lowest BCUT2D eigenvalue weighted by atomic mass is 10.1. The highest BCUT2D eigenvalue weighted by Crippen LogP contribution is 2.35. The average molecular weight is 835 g/mol. The van der Waals surface area contributed by atoms with Crippen LogP contribution in [0.1, 0.15) is 59.9 Å². The maximum Gasteiger partial charge on any atom is 0.311 e. The number of carbonyl (C=O) groups is 2. The molecule has 22 nitrogen and oxygen atoms in total. The lowest BCUT2D eigenvalue weighted by molar-refractivity contribution is -0.153. The fraction of sp³-hybridized carbons (Fsp3) is 0.452. The molecule has 0 bridgehead atoms. The molecule has 6 aromatic rings. The number of rotatable bonds is 6. The monoisotopic (exact) mass is 834 g/mol.